The summed E-state index contributed by atoms with van der Waals surface area (Å²) < 4.78 is 0. The van der Waals surface area contributed by atoms with Crippen molar-refractivity contribution in [1.82, 2.24) is 4.90 Å². The van der Waals surface area contributed by atoms with Gasteiger partial charge in [-0.15, -0.1) is 0 Å². The molecule has 1 aromatic rings. The smallest absolute Gasteiger partial charge is 0.0612 e. The summed E-state index contributed by atoms with van der Waals surface area (Å²) in [6.45, 7) is 4.48. The topological polar surface area (TPSA) is 23.5 Å². The highest BCUT2D eigenvalue weighted by atomic mass is 16.3. The Kier molecular flexibility index (Phi) is 3.08. The van der Waals surface area contributed by atoms with Crippen LogP contribution in [0.5, 0.6) is 0 Å². The van der Waals surface area contributed by atoms with Gasteiger partial charge in [-0.1, -0.05) is 30.3 Å². The van der Waals surface area contributed by atoms with Gasteiger partial charge in [0.15, 0.2) is 0 Å². The predicted octanol–water partition coefficient (Wildman–Crippen LogP) is 2.03. The van der Waals surface area contributed by atoms with Gasteiger partial charge in [0, 0.05) is 12.1 Å². The Bertz CT molecular complexity index is 312. The lowest BCUT2D eigenvalue weighted by atomic mass is 10.00. The van der Waals surface area contributed by atoms with Crippen molar-refractivity contribution in [3.63, 3.8) is 0 Å². The molecule has 2 nitrogen and oxygen atoms in total. The van der Waals surface area contributed by atoms with Crippen LogP contribution in [0, 0.1) is 0 Å². The first kappa shape index (κ1) is 10.7. The number of benzene rings is 1. The number of rotatable bonds is 3. The molecule has 1 aliphatic heterocycles. The molecule has 0 saturated carbocycles. The monoisotopic (exact) mass is 205 g/mol. The maximum atomic E-state index is 9.43. The first-order chi connectivity index (χ1) is 7.24. The highest BCUT2D eigenvalue weighted by Crippen LogP contribution is 2.29. The van der Waals surface area contributed by atoms with Gasteiger partial charge in [-0.25, -0.2) is 0 Å². The Morgan fingerprint density at radius 3 is 2.73 bits per heavy atom. The van der Waals surface area contributed by atoms with E-state index in [1.54, 1.807) is 0 Å². The molecule has 0 spiro atoms. The first-order valence-corrected chi connectivity index (χ1v) is 5.64. The quantitative estimate of drug-likeness (QED) is 0.816. The third-order valence-corrected chi connectivity index (χ3v) is 3.46. The third kappa shape index (κ3) is 2.21. The number of aliphatic hydroxyl groups excluding tert-OH is 1. The van der Waals surface area contributed by atoms with E-state index in [0.717, 1.165) is 19.5 Å². The molecule has 0 bridgehead atoms. The minimum Gasteiger partial charge on any atom is -0.394 e. The zero-order chi connectivity index (χ0) is 10.7. The van der Waals surface area contributed by atoms with Gasteiger partial charge in [-0.2, -0.15) is 0 Å². The molecule has 1 N–H and O–H groups in total. The van der Waals surface area contributed by atoms with Crippen LogP contribution in [0.2, 0.25) is 0 Å². The molecule has 15 heavy (non-hydrogen) atoms. The van der Waals surface area contributed by atoms with E-state index in [4.69, 9.17) is 0 Å². The van der Waals surface area contributed by atoms with Crippen molar-refractivity contribution in [2.75, 3.05) is 13.2 Å². The summed E-state index contributed by atoms with van der Waals surface area (Å²) in [4.78, 5) is 2.39. The van der Waals surface area contributed by atoms with Crippen molar-refractivity contribution < 1.29 is 5.11 Å². The van der Waals surface area contributed by atoms with Crippen LogP contribution in [-0.2, 0) is 6.54 Å². The molecular weight excluding hydrogens is 186 g/mol. The number of likely N-dealkylation sites (tertiary alicyclic amines) is 1. The lowest BCUT2D eigenvalue weighted by molar-refractivity contribution is 0.0734. The predicted molar refractivity (Wildman–Crippen MR) is 61.6 cm³/mol. The maximum Gasteiger partial charge on any atom is 0.0612 e. The van der Waals surface area contributed by atoms with E-state index in [0.29, 0.717) is 0 Å². The summed E-state index contributed by atoms with van der Waals surface area (Å²) in [5, 5.41) is 9.43. The van der Waals surface area contributed by atoms with Crippen LogP contribution >= 0.6 is 0 Å². The van der Waals surface area contributed by atoms with Gasteiger partial charge < -0.3 is 5.11 Å². The summed E-state index contributed by atoms with van der Waals surface area (Å²) >= 11 is 0. The molecule has 0 aliphatic carbocycles. The molecule has 1 fully saturated rings. The van der Waals surface area contributed by atoms with E-state index in [2.05, 4.69) is 36.1 Å². The zero-order valence-electron chi connectivity index (χ0n) is 9.32. The Morgan fingerprint density at radius 1 is 1.33 bits per heavy atom. The van der Waals surface area contributed by atoms with Crippen molar-refractivity contribution in [2.45, 2.75) is 31.8 Å². The van der Waals surface area contributed by atoms with Gasteiger partial charge >= 0.3 is 0 Å². The van der Waals surface area contributed by atoms with Crippen LogP contribution in [0.1, 0.15) is 25.3 Å². The first-order valence-electron chi connectivity index (χ1n) is 5.64. The Morgan fingerprint density at radius 2 is 2.07 bits per heavy atom. The van der Waals surface area contributed by atoms with Crippen LogP contribution < -0.4 is 0 Å². The molecule has 2 rings (SSSR count). The standard InChI is InChI=1S/C13H19NO/c1-13(11-15)8-5-9-14(13)10-12-6-3-2-4-7-12/h2-4,6-7,15H,5,8-11H2,1H3/t13-/m1/s1. The second-order valence-corrected chi connectivity index (χ2v) is 4.67. The Labute approximate surface area is 91.5 Å². The number of nitrogens with zero attached hydrogens (tertiary/aromatic N) is 1. The van der Waals surface area contributed by atoms with E-state index < -0.39 is 0 Å². The highest BCUT2D eigenvalue weighted by molar-refractivity contribution is 5.15. The second-order valence-electron chi connectivity index (χ2n) is 4.67. The van der Waals surface area contributed by atoms with Crippen molar-refractivity contribution in [3.8, 4) is 0 Å². The van der Waals surface area contributed by atoms with E-state index in [1.165, 1.54) is 12.0 Å². The average Bonchev–Trinajstić information content (AvgIpc) is 2.63. The molecule has 1 saturated heterocycles. The third-order valence-electron chi connectivity index (χ3n) is 3.46. The molecule has 1 aliphatic rings. The van der Waals surface area contributed by atoms with Crippen LogP contribution in [0.4, 0.5) is 0 Å². The molecule has 1 atom stereocenters. The molecule has 0 unspecified atom stereocenters. The van der Waals surface area contributed by atoms with E-state index in [9.17, 15) is 5.11 Å². The van der Waals surface area contributed by atoms with Crippen LogP contribution in [0.3, 0.4) is 0 Å². The van der Waals surface area contributed by atoms with Crippen molar-refractivity contribution in [1.29, 1.82) is 0 Å². The molecule has 0 aromatic heterocycles. The van der Waals surface area contributed by atoms with E-state index in [1.807, 2.05) is 6.07 Å². The van der Waals surface area contributed by atoms with Crippen LogP contribution in [-0.4, -0.2) is 28.7 Å². The fourth-order valence-electron chi connectivity index (χ4n) is 2.33. The number of hydrogen-bond acceptors (Lipinski definition) is 2. The molecule has 0 radical (unpaired) electrons. The largest absolute Gasteiger partial charge is 0.394 e. The van der Waals surface area contributed by atoms with Crippen molar-refractivity contribution >= 4 is 0 Å². The lowest BCUT2D eigenvalue weighted by Crippen LogP contribution is -2.43. The summed E-state index contributed by atoms with van der Waals surface area (Å²) in [5.74, 6) is 0. The highest BCUT2D eigenvalue weighted by Gasteiger charge is 2.35. The normalized spacial score (nSPS) is 27.1. The summed E-state index contributed by atoms with van der Waals surface area (Å²) in [7, 11) is 0. The summed E-state index contributed by atoms with van der Waals surface area (Å²) in [6.07, 6.45) is 2.31. The zero-order valence-corrected chi connectivity index (χ0v) is 9.32. The van der Waals surface area contributed by atoms with E-state index in [-0.39, 0.29) is 12.1 Å². The Balaban J connectivity index is 2.06. The van der Waals surface area contributed by atoms with Gasteiger partial charge in [-0.3, -0.25) is 4.90 Å². The SMILES string of the molecule is C[C@]1(CO)CCCN1Cc1ccccc1. The minimum atomic E-state index is -0.00413. The van der Waals surface area contributed by atoms with Crippen LogP contribution in [0.15, 0.2) is 30.3 Å². The number of hydrogen-bond donors (Lipinski definition) is 1. The molecule has 1 heterocycles. The van der Waals surface area contributed by atoms with Gasteiger partial charge in [-0.05, 0) is 31.9 Å². The summed E-state index contributed by atoms with van der Waals surface area (Å²) in [5.41, 5.74) is 1.33. The van der Waals surface area contributed by atoms with Gasteiger partial charge in [0.2, 0.25) is 0 Å². The fourth-order valence-corrected chi connectivity index (χ4v) is 2.33. The molecule has 1 aromatic carbocycles. The van der Waals surface area contributed by atoms with Gasteiger partial charge in [0.25, 0.3) is 0 Å². The molecular formula is C13H19NO. The average molecular weight is 205 g/mol. The second kappa shape index (κ2) is 4.33. The molecule has 82 valence electrons. The van der Waals surface area contributed by atoms with Gasteiger partial charge in [0.1, 0.15) is 0 Å². The fraction of sp³-hybridized carbons (Fsp3) is 0.538. The summed E-state index contributed by atoms with van der Waals surface area (Å²) in [6, 6.07) is 10.5. The van der Waals surface area contributed by atoms with Gasteiger partial charge in [0.05, 0.1) is 6.61 Å². The Hall–Kier alpha value is -0.860. The molecule has 0 amide bonds. The lowest BCUT2D eigenvalue weighted by Gasteiger charge is -2.33. The maximum absolute atomic E-state index is 9.43. The van der Waals surface area contributed by atoms with E-state index >= 15 is 0 Å². The number of aliphatic hydroxyl groups is 1. The van der Waals surface area contributed by atoms with Crippen LogP contribution in [0.25, 0.3) is 0 Å². The minimum absolute atomic E-state index is 0.00413. The molecule has 2 heteroatoms. The van der Waals surface area contributed by atoms with Crippen molar-refractivity contribution in [2.24, 2.45) is 0 Å². The van der Waals surface area contributed by atoms with Crippen molar-refractivity contribution in [3.05, 3.63) is 35.9 Å².